The highest BCUT2D eigenvalue weighted by Gasteiger charge is 2.14. The number of nitrogens with zero attached hydrogens (tertiary/aromatic N) is 4. The molecule has 0 aliphatic carbocycles. The molecule has 4 rings (SSSR count). The fourth-order valence-corrected chi connectivity index (χ4v) is 3.89. The highest BCUT2D eigenvalue weighted by atomic mass is 35.5. The van der Waals surface area contributed by atoms with Crippen LogP contribution in [0.25, 0.3) is 28.7 Å². The predicted molar refractivity (Wildman–Crippen MR) is 139 cm³/mol. The lowest BCUT2D eigenvalue weighted by atomic mass is 10.2. The average Bonchev–Trinajstić information content (AvgIpc) is 2.83. The molecule has 8 heteroatoms. The Hall–Kier alpha value is -3.06. The Morgan fingerprint density at radius 1 is 1.00 bits per heavy atom. The van der Waals surface area contributed by atoms with Crippen LogP contribution < -0.4 is 5.56 Å². The van der Waals surface area contributed by atoms with Crippen LogP contribution in [0.5, 0.6) is 0 Å². The number of aromatic nitrogens is 3. The van der Waals surface area contributed by atoms with Crippen LogP contribution >= 0.6 is 24.0 Å². The van der Waals surface area contributed by atoms with Gasteiger partial charge < -0.3 is 0 Å². The molecule has 0 radical (unpaired) electrons. The van der Waals surface area contributed by atoms with Crippen molar-refractivity contribution in [1.82, 2.24) is 19.4 Å². The van der Waals surface area contributed by atoms with Crippen LogP contribution in [-0.2, 0) is 6.54 Å². The first-order valence-electron chi connectivity index (χ1n) is 10.8. The maximum Gasteiger partial charge on any atom is 0.266 e. The number of pyridine rings is 1. The average molecular weight is 499 g/mol. The van der Waals surface area contributed by atoms with Gasteiger partial charge in [0.2, 0.25) is 0 Å². The zero-order valence-electron chi connectivity index (χ0n) is 18.9. The molecular formula is C26H25Cl2FN4O. The summed E-state index contributed by atoms with van der Waals surface area (Å²) in [7, 11) is 0. The molecule has 0 saturated heterocycles. The molecule has 0 fully saturated rings. The summed E-state index contributed by atoms with van der Waals surface area (Å²) >= 11 is 6.40. The minimum atomic E-state index is -0.496. The first-order chi connectivity index (χ1) is 16.0. The summed E-state index contributed by atoms with van der Waals surface area (Å²) in [6.45, 7) is 6.91. The van der Waals surface area contributed by atoms with Crippen LogP contribution in [0.3, 0.4) is 0 Å². The van der Waals surface area contributed by atoms with E-state index in [1.54, 1.807) is 30.3 Å². The minimum Gasteiger partial charge on any atom is -0.298 e. The Morgan fingerprint density at radius 2 is 1.76 bits per heavy atom. The monoisotopic (exact) mass is 498 g/mol. The lowest BCUT2D eigenvalue weighted by molar-refractivity contribution is 0.292. The van der Waals surface area contributed by atoms with Crippen molar-refractivity contribution in [2.45, 2.75) is 20.4 Å². The predicted octanol–water partition coefficient (Wildman–Crippen LogP) is 6.01. The standard InChI is InChI=1S/C26H24ClFN4O.ClH/c1-3-31(4-2)17-20-9-7-8-19(29-20)13-15-25-30-23-14-12-18(28)16-21(23)26(33)32(25)24-11-6-5-10-22(24)27;/h5-16H,3-4,17H2,1-2H3;1H/b15-13+;. The quantitative estimate of drug-likeness (QED) is 0.313. The van der Waals surface area contributed by atoms with Gasteiger partial charge in [0.1, 0.15) is 11.6 Å². The van der Waals surface area contributed by atoms with Crippen molar-refractivity contribution in [3.63, 3.8) is 0 Å². The van der Waals surface area contributed by atoms with Gasteiger partial charge in [-0.05, 0) is 67.7 Å². The second-order valence-electron chi connectivity index (χ2n) is 7.57. The first-order valence-corrected chi connectivity index (χ1v) is 11.2. The van der Waals surface area contributed by atoms with Crippen molar-refractivity contribution in [2.75, 3.05) is 13.1 Å². The van der Waals surface area contributed by atoms with Gasteiger partial charge in [-0.2, -0.15) is 0 Å². The summed E-state index contributed by atoms with van der Waals surface area (Å²) in [6, 6.07) is 16.9. The van der Waals surface area contributed by atoms with Gasteiger partial charge in [0.15, 0.2) is 0 Å². The summed E-state index contributed by atoms with van der Waals surface area (Å²) in [5.41, 5.74) is 2.21. The molecule has 0 spiro atoms. The molecule has 2 aromatic carbocycles. The summed E-state index contributed by atoms with van der Waals surface area (Å²) < 4.78 is 15.3. The molecule has 0 saturated carbocycles. The molecule has 5 nitrogen and oxygen atoms in total. The van der Waals surface area contributed by atoms with Crippen LogP contribution in [0.2, 0.25) is 5.02 Å². The molecule has 0 atom stereocenters. The molecule has 0 aliphatic rings. The zero-order valence-corrected chi connectivity index (χ0v) is 20.5. The van der Waals surface area contributed by atoms with Crippen LogP contribution in [0, 0.1) is 5.82 Å². The van der Waals surface area contributed by atoms with Crippen molar-refractivity contribution in [2.24, 2.45) is 0 Å². The summed E-state index contributed by atoms with van der Waals surface area (Å²) in [4.78, 5) is 25.0. The number of hydrogen-bond donors (Lipinski definition) is 0. The van der Waals surface area contributed by atoms with E-state index in [9.17, 15) is 9.18 Å². The van der Waals surface area contributed by atoms with E-state index in [0.717, 1.165) is 31.0 Å². The fraction of sp³-hybridized carbons (Fsp3) is 0.192. The zero-order chi connectivity index (χ0) is 23.4. The molecule has 2 heterocycles. The topological polar surface area (TPSA) is 51.0 Å². The van der Waals surface area contributed by atoms with Gasteiger partial charge in [-0.25, -0.2) is 9.37 Å². The maximum absolute atomic E-state index is 13.9. The third-order valence-electron chi connectivity index (χ3n) is 5.46. The molecule has 4 aromatic rings. The summed E-state index contributed by atoms with van der Waals surface area (Å²) in [5.74, 6) is -0.118. The van der Waals surface area contributed by atoms with Crippen LogP contribution in [0.4, 0.5) is 4.39 Å². The number of benzene rings is 2. The van der Waals surface area contributed by atoms with E-state index < -0.39 is 11.4 Å². The van der Waals surface area contributed by atoms with E-state index in [0.29, 0.717) is 22.1 Å². The van der Waals surface area contributed by atoms with Crippen molar-refractivity contribution in [1.29, 1.82) is 0 Å². The SMILES string of the molecule is CCN(CC)Cc1cccc(/C=C/c2nc3ccc(F)cc3c(=O)n2-c2ccccc2Cl)n1.Cl. The smallest absolute Gasteiger partial charge is 0.266 e. The third-order valence-corrected chi connectivity index (χ3v) is 5.78. The normalized spacial score (nSPS) is 11.3. The van der Waals surface area contributed by atoms with E-state index >= 15 is 0 Å². The van der Waals surface area contributed by atoms with Crippen LogP contribution in [-0.4, -0.2) is 32.5 Å². The van der Waals surface area contributed by atoms with Gasteiger partial charge in [-0.1, -0.05) is 43.6 Å². The highest BCUT2D eigenvalue weighted by Crippen LogP contribution is 2.22. The van der Waals surface area contributed by atoms with Crippen LogP contribution in [0.1, 0.15) is 31.1 Å². The highest BCUT2D eigenvalue weighted by molar-refractivity contribution is 6.32. The van der Waals surface area contributed by atoms with E-state index in [1.165, 1.54) is 22.8 Å². The van der Waals surface area contributed by atoms with Crippen molar-refractivity contribution in [3.05, 3.63) is 99.1 Å². The van der Waals surface area contributed by atoms with Crippen molar-refractivity contribution in [3.8, 4) is 5.69 Å². The van der Waals surface area contributed by atoms with Gasteiger partial charge in [0.25, 0.3) is 5.56 Å². The molecule has 0 bridgehead atoms. The lowest BCUT2D eigenvalue weighted by Gasteiger charge is -2.17. The molecule has 0 aliphatic heterocycles. The molecule has 0 amide bonds. The lowest BCUT2D eigenvalue weighted by Crippen LogP contribution is -2.23. The van der Waals surface area contributed by atoms with E-state index in [1.807, 2.05) is 24.3 Å². The molecule has 176 valence electrons. The summed E-state index contributed by atoms with van der Waals surface area (Å²) in [6.07, 6.45) is 3.55. The van der Waals surface area contributed by atoms with Gasteiger partial charge >= 0.3 is 0 Å². The molecule has 0 N–H and O–H groups in total. The second kappa shape index (κ2) is 11.4. The van der Waals surface area contributed by atoms with Gasteiger partial charge in [-0.15, -0.1) is 12.4 Å². The Kier molecular flexibility index (Phi) is 8.56. The van der Waals surface area contributed by atoms with E-state index in [-0.39, 0.29) is 17.8 Å². The minimum absolute atomic E-state index is 0. The third kappa shape index (κ3) is 5.53. The van der Waals surface area contributed by atoms with E-state index in [4.69, 9.17) is 16.6 Å². The number of hydrogen-bond acceptors (Lipinski definition) is 4. The first kappa shape index (κ1) is 25.6. The Bertz CT molecular complexity index is 1380. The Labute approximate surface area is 209 Å². The van der Waals surface area contributed by atoms with Gasteiger partial charge in [0, 0.05) is 6.54 Å². The Balaban J connectivity index is 0.00000324. The Morgan fingerprint density at radius 3 is 2.50 bits per heavy atom. The number of rotatable bonds is 7. The van der Waals surface area contributed by atoms with Crippen molar-refractivity contribution < 1.29 is 4.39 Å². The molecule has 0 unspecified atom stereocenters. The van der Waals surface area contributed by atoms with Crippen LogP contribution in [0.15, 0.2) is 65.5 Å². The van der Waals surface area contributed by atoms with Crippen molar-refractivity contribution >= 4 is 47.1 Å². The summed E-state index contributed by atoms with van der Waals surface area (Å²) in [5, 5.41) is 0.581. The fourth-order valence-electron chi connectivity index (χ4n) is 3.67. The molecule has 34 heavy (non-hydrogen) atoms. The van der Waals surface area contributed by atoms with Gasteiger partial charge in [-0.3, -0.25) is 19.2 Å². The number of para-hydroxylation sites is 1. The van der Waals surface area contributed by atoms with E-state index in [2.05, 4.69) is 23.7 Å². The second-order valence-corrected chi connectivity index (χ2v) is 7.98. The van der Waals surface area contributed by atoms with Gasteiger partial charge in [0.05, 0.1) is 33.0 Å². The number of fused-ring (bicyclic) bond motifs is 1. The number of halogens is 3. The molecular weight excluding hydrogens is 474 g/mol. The molecule has 2 aromatic heterocycles. The maximum atomic E-state index is 13.9. The largest absolute Gasteiger partial charge is 0.298 e.